The fraction of sp³-hybridized carbons (Fsp3) is 0.636. The van der Waals surface area contributed by atoms with Gasteiger partial charge in [-0.05, 0) is 12.8 Å². The molecule has 8 heteroatoms. The Morgan fingerprint density at radius 3 is 2.58 bits per heavy atom. The number of hydrogen-bond donors (Lipinski definition) is 4. The van der Waals surface area contributed by atoms with Gasteiger partial charge < -0.3 is 15.7 Å². The van der Waals surface area contributed by atoms with Gasteiger partial charge in [0.15, 0.2) is 0 Å². The summed E-state index contributed by atoms with van der Waals surface area (Å²) in [7, 11) is 0. The zero-order valence-corrected chi connectivity index (χ0v) is 11.2. The number of nitrogens with zero attached hydrogens (tertiary/aromatic N) is 2. The first-order valence-corrected chi connectivity index (χ1v) is 6.10. The molecule has 3 atom stereocenters. The van der Waals surface area contributed by atoms with Crippen molar-refractivity contribution in [1.29, 1.82) is 0 Å². The Labute approximate surface area is 111 Å². The van der Waals surface area contributed by atoms with Gasteiger partial charge in [0.05, 0.1) is 6.04 Å². The summed E-state index contributed by atoms with van der Waals surface area (Å²) in [4.78, 5) is 26.7. The van der Waals surface area contributed by atoms with Crippen molar-refractivity contribution in [2.75, 3.05) is 0 Å². The molecule has 0 aliphatic rings. The monoisotopic (exact) mass is 269 g/mol. The predicted octanol–water partition coefficient (Wildman–Crippen LogP) is 0.664. The number of aliphatic carboxylic acids is 1. The molecule has 8 nitrogen and oxygen atoms in total. The number of carbonyl (C=O) groups excluding carboxylic acids is 1. The highest BCUT2D eigenvalue weighted by Crippen LogP contribution is 2.08. The number of rotatable bonds is 6. The smallest absolute Gasteiger partial charge is 0.326 e. The Bertz CT molecular complexity index is 420. The molecule has 0 spiro atoms. The quantitative estimate of drug-likeness (QED) is 0.604. The van der Waals surface area contributed by atoms with Crippen molar-refractivity contribution in [3.8, 4) is 0 Å². The van der Waals surface area contributed by atoms with Gasteiger partial charge in [0.1, 0.15) is 18.2 Å². The highest BCUT2D eigenvalue weighted by Gasteiger charge is 2.25. The van der Waals surface area contributed by atoms with Crippen LogP contribution in [-0.2, 0) is 4.79 Å². The van der Waals surface area contributed by atoms with Crippen LogP contribution in [0, 0.1) is 5.92 Å². The molecule has 1 heterocycles. The Balaban J connectivity index is 2.56. The lowest BCUT2D eigenvalue weighted by molar-refractivity contribution is -0.140. The molecular weight excluding hydrogens is 250 g/mol. The van der Waals surface area contributed by atoms with Crippen LogP contribution in [0.3, 0.4) is 0 Å². The van der Waals surface area contributed by atoms with Crippen LogP contribution in [0.15, 0.2) is 6.33 Å². The van der Waals surface area contributed by atoms with Crippen LogP contribution in [0.2, 0.25) is 0 Å². The average Bonchev–Trinajstić information content (AvgIpc) is 2.88. The molecule has 0 bridgehead atoms. The number of aromatic nitrogens is 3. The van der Waals surface area contributed by atoms with E-state index in [2.05, 4.69) is 25.8 Å². The van der Waals surface area contributed by atoms with Crippen LogP contribution in [0.25, 0.3) is 0 Å². The third kappa shape index (κ3) is 4.23. The molecule has 0 aromatic carbocycles. The van der Waals surface area contributed by atoms with Gasteiger partial charge in [0.2, 0.25) is 0 Å². The number of amides is 2. The van der Waals surface area contributed by atoms with Gasteiger partial charge in [-0.15, -0.1) is 0 Å². The van der Waals surface area contributed by atoms with Gasteiger partial charge >= 0.3 is 12.0 Å². The maximum absolute atomic E-state index is 11.7. The summed E-state index contributed by atoms with van der Waals surface area (Å²) in [6.07, 6.45) is 2.00. The molecule has 0 fully saturated rings. The largest absolute Gasteiger partial charge is 0.480 e. The van der Waals surface area contributed by atoms with Crippen molar-refractivity contribution in [1.82, 2.24) is 25.8 Å². The second-order valence-corrected chi connectivity index (χ2v) is 4.41. The number of hydrogen-bond acceptors (Lipinski definition) is 4. The van der Waals surface area contributed by atoms with E-state index in [4.69, 9.17) is 5.11 Å². The zero-order chi connectivity index (χ0) is 14.4. The summed E-state index contributed by atoms with van der Waals surface area (Å²) in [6, 6.07) is -1.84. The van der Waals surface area contributed by atoms with Gasteiger partial charge in [-0.1, -0.05) is 20.3 Å². The van der Waals surface area contributed by atoms with Crippen molar-refractivity contribution in [2.24, 2.45) is 5.92 Å². The number of nitrogens with one attached hydrogen (secondary N) is 3. The van der Waals surface area contributed by atoms with Crippen LogP contribution >= 0.6 is 0 Å². The van der Waals surface area contributed by atoms with Crippen molar-refractivity contribution in [3.63, 3.8) is 0 Å². The summed E-state index contributed by atoms with van der Waals surface area (Å²) in [6.45, 7) is 5.37. The second-order valence-electron chi connectivity index (χ2n) is 4.41. The van der Waals surface area contributed by atoms with Crippen LogP contribution in [0.5, 0.6) is 0 Å². The van der Waals surface area contributed by atoms with Crippen molar-refractivity contribution < 1.29 is 14.7 Å². The topological polar surface area (TPSA) is 120 Å². The Morgan fingerprint density at radius 2 is 2.11 bits per heavy atom. The minimum absolute atomic E-state index is 0.149. The summed E-state index contributed by atoms with van der Waals surface area (Å²) in [5, 5.41) is 20.4. The highest BCUT2D eigenvalue weighted by molar-refractivity contribution is 5.82. The lowest BCUT2D eigenvalue weighted by atomic mass is 9.99. The van der Waals surface area contributed by atoms with Gasteiger partial charge in [0.25, 0.3) is 0 Å². The molecule has 106 valence electrons. The van der Waals surface area contributed by atoms with E-state index in [1.807, 2.05) is 6.92 Å². The minimum atomic E-state index is -1.04. The molecule has 19 heavy (non-hydrogen) atoms. The summed E-state index contributed by atoms with van der Waals surface area (Å²) >= 11 is 0. The number of aromatic amines is 1. The molecule has 1 aromatic rings. The van der Waals surface area contributed by atoms with Crippen molar-refractivity contribution in [2.45, 2.75) is 39.3 Å². The third-order valence-corrected chi connectivity index (χ3v) is 2.96. The lowest BCUT2D eigenvalue weighted by Gasteiger charge is -2.21. The molecule has 0 saturated heterocycles. The SMILES string of the molecule is CCC(C)[C@H](NC(=O)NC(C)c1ncn[nH]1)C(=O)O. The number of carbonyl (C=O) groups is 2. The lowest BCUT2D eigenvalue weighted by Crippen LogP contribution is -2.49. The standard InChI is InChI=1S/C11H19N5O3/c1-4-6(2)8(10(17)18)15-11(19)14-7(3)9-12-5-13-16-9/h5-8H,4H2,1-3H3,(H,17,18)(H,12,13,16)(H2,14,15,19)/t6?,7?,8-/m0/s1. The number of urea groups is 1. The van der Waals surface area contributed by atoms with Gasteiger partial charge in [-0.2, -0.15) is 5.10 Å². The Kier molecular flexibility index (Phi) is 5.28. The van der Waals surface area contributed by atoms with E-state index in [1.165, 1.54) is 6.33 Å². The molecular formula is C11H19N5O3. The van der Waals surface area contributed by atoms with Crippen molar-refractivity contribution in [3.05, 3.63) is 12.2 Å². The molecule has 0 radical (unpaired) electrons. The second kappa shape index (κ2) is 6.72. The van der Waals surface area contributed by atoms with E-state index in [-0.39, 0.29) is 12.0 Å². The molecule has 2 amide bonds. The fourth-order valence-electron chi connectivity index (χ4n) is 1.55. The number of carboxylic acid groups (broad SMARTS) is 1. The Morgan fingerprint density at radius 1 is 1.42 bits per heavy atom. The number of carboxylic acids is 1. The third-order valence-electron chi connectivity index (χ3n) is 2.96. The molecule has 1 aromatic heterocycles. The van der Waals surface area contributed by atoms with Crippen LogP contribution in [-0.4, -0.2) is 38.3 Å². The van der Waals surface area contributed by atoms with Gasteiger partial charge in [-0.3, -0.25) is 5.10 Å². The molecule has 2 unspecified atom stereocenters. The molecule has 1 rings (SSSR count). The Hall–Kier alpha value is -2.12. The van der Waals surface area contributed by atoms with E-state index >= 15 is 0 Å². The zero-order valence-electron chi connectivity index (χ0n) is 11.2. The van der Waals surface area contributed by atoms with Crippen LogP contribution < -0.4 is 10.6 Å². The van der Waals surface area contributed by atoms with Crippen LogP contribution in [0.4, 0.5) is 4.79 Å². The van der Waals surface area contributed by atoms with E-state index in [0.29, 0.717) is 12.2 Å². The van der Waals surface area contributed by atoms with E-state index in [0.717, 1.165) is 0 Å². The van der Waals surface area contributed by atoms with E-state index in [1.54, 1.807) is 13.8 Å². The molecule has 0 aliphatic heterocycles. The first-order chi connectivity index (χ1) is 8.95. The van der Waals surface area contributed by atoms with Gasteiger partial charge in [0, 0.05) is 0 Å². The first-order valence-electron chi connectivity index (χ1n) is 6.10. The minimum Gasteiger partial charge on any atom is -0.480 e. The average molecular weight is 269 g/mol. The number of H-pyrrole nitrogens is 1. The molecule has 0 saturated carbocycles. The summed E-state index contributed by atoms with van der Waals surface area (Å²) in [5.41, 5.74) is 0. The summed E-state index contributed by atoms with van der Waals surface area (Å²) in [5.74, 6) is -0.689. The van der Waals surface area contributed by atoms with E-state index < -0.39 is 18.0 Å². The summed E-state index contributed by atoms with van der Waals surface area (Å²) < 4.78 is 0. The predicted molar refractivity (Wildman–Crippen MR) is 67.3 cm³/mol. The normalized spacial score (nSPS) is 15.3. The maximum atomic E-state index is 11.7. The van der Waals surface area contributed by atoms with E-state index in [9.17, 15) is 9.59 Å². The fourth-order valence-corrected chi connectivity index (χ4v) is 1.55. The maximum Gasteiger partial charge on any atom is 0.326 e. The van der Waals surface area contributed by atoms with Crippen LogP contribution in [0.1, 0.15) is 39.1 Å². The van der Waals surface area contributed by atoms with Crippen molar-refractivity contribution >= 4 is 12.0 Å². The van der Waals surface area contributed by atoms with Gasteiger partial charge in [-0.25, -0.2) is 14.6 Å². The molecule has 4 N–H and O–H groups in total. The first kappa shape index (κ1) is 14.9. The highest BCUT2D eigenvalue weighted by atomic mass is 16.4. The molecule has 0 aliphatic carbocycles.